The number of hydrogen-bond donors (Lipinski definition) is 4. The first kappa shape index (κ1) is 36.7. The van der Waals surface area contributed by atoms with Crippen molar-refractivity contribution in [3.05, 3.63) is 102 Å². The molecule has 0 fully saturated rings. The average molecular weight is 667 g/mol. The normalized spacial score (nSPS) is 12.3. The number of carbonyl (C=O) groups excluding carboxylic acids is 2. The Bertz CT molecular complexity index is 1640. The molecule has 2 amide bonds. The van der Waals surface area contributed by atoms with E-state index in [-0.39, 0.29) is 6.42 Å². The Kier molecular flexibility index (Phi) is 13.8. The second-order valence-electron chi connectivity index (χ2n) is 12.4. The highest BCUT2D eigenvalue weighted by atomic mass is 16.5. The molecule has 1 aromatic heterocycles. The zero-order valence-electron chi connectivity index (χ0n) is 28.4. The van der Waals surface area contributed by atoms with E-state index < -0.39 is 36.5 Å². The van der Waals surface area contributed by atoms with E-state index >= 15 is 0 Å². The van der Waals surface area contributed by atoms with E-state index in [1.165, 1.54) is 25.7 Å². The minimum atomic E-state index is -1.50. The summed E-state index contributed by atoms with van der Waals surface area (Å²) in [7, 11) is 0. The number of rotatable bonds is 18. The van der Waals surface area contributed by atoms with Gasteiger partial charge in [-0.25, -0.2) is 14.8 Å². The van der Waals surface area contributed by atoms with E-state index in [0.717, 1.165) is 40.0 Å². The fourth-order valence-corrected chi connectivity index (χ4v) is 5.22. The molecular formula is C39H46N4O6. The molecule has 4 aromatic rings. The summed E-state index contributed by atoms with van der Waals surface area (Å²) in [6.07, 6.45) is 9.59. The lowest BCUT2D eigenvalue weighted by Gasteiger charge is -2.21. The zero-order valence-corrected chi connectivity index (χ0v) is 28.4. The summed E-state index contributed by atoms with van der Waals surface area (Å²) >= 11 is 0. The van der Waals surface area contributed by atoms with Crippen LogP contribution in [0.5, 0.6) is 5.75 Å². The second-order valence-corrected chi connectivity index (χ2v) is 12.4. The molecular weight excluding hydrogens is 620 g/mol. The maximum Gasteiger partial charge on any atom is 0.328 e. The van der Waals surface area contributed by atoms with Crippen molar-refractivity contribution in [2.45, 2.75) is 77.3 Å². The van der Waals surface area contributed by atoms with Crippen molar-refractivity contribution < 1.29 is 29.3 Å². The Morgan fingerprint density at radius 1 is 0.755 bits per heavy atom. The number of benzene rings is 3. The molecule has 0 radical (unpaired) electrons. The topological polar surface area (TPSA) is 151 Å². The van der Waals surface area contributed by atoms with Gasteiger partial charge in [-0.1, -0.05) is 95.0 Å². The Morgan fingerprint density at radius 2 is 1.39 bits per heavy atom. The van der Waals surface area contributed by atoms with Gasteiger partial charge >= 0.3 is 5.97 Å². The van der Waals surface area contributed by atoms with Crippen molar-refractivity contribution in [3.63, 3.8) is 0 Å². The van der Waals surface area contributed by atoms with Gasteiger partial charge in [-0.2, -0.15) is 0 Å². The molecule has 0 spiro atoms. The molecule has 3 aromatic carbocycles. The van der Waals surface area contributed by atoms with Crippen LogP contribution in [-0.4, -0.2) is 63.3 Å². The first-order chi connectivity index (χ1) is 23.7. The average Bonchev–Trinajstić information content (AvgIpc) is 3.12. The van der Waals surface area contributed by atoms with E-state index in [1.807, 2.05) is 48.5 Å². The lowest BCUT2D eigenvalue weighted by atomic mass is 10.0. The Morgan fingerprint density at radius 3 is 1.98 bits per heavy atom. The fraction of sp³-hybridized carbons (Fsp3) is 0.359. The number of hydrogen-bond acceptors (Lipinski definition) is 7. The quantitative estimate of drug-likeness (QED) is 0.0919. The molecule has 0 aliphatic heterocycles. The van der Waals surface area contributed by atoms with E-state index in [4.69, 9.17) is 4.74 Å². The highest BCUT2D eigenvalue weighted by Gasteiger charge is 2.27. The summed E-state index contributed by atoms with van der Waals surface area (Å²) in [4.78, 5) is 46.8. The van der Waals surface area contributed by atoms with Gasteiger partial charge in [-0.05, 0) is 53.3 Å². The number of aliphatic carboxylic acids is 1. The van der Waals surface area contributed by atoms with Crippen LogP contribution < -0.4 is 15.4 Å². The SMILES string of the molecule is CCCCCCCOc1ccc(-c2cnc(-c3ccc(C[C@H](NC(=O)c4ccc(C(C)C)cc4)C(=O)N[C@H](CO)C(=O)O)cc3)nc2)cc1. The molecule has 0 unspecified atom stereocenters. The van der Waals surface area contributed by atoms with Crippen molar-refractivity contribution in [2.75, 3.05) is 13.2 Å². The summed E-state index contributed by atoms with van der Waals surface area (Å²) in [5.74, 6) is -0.921. The van der Waals surface area contributed by atoms with Gasteiger partial charge in [0, 0.05) is 35.5 Å². The highest BCUT2D eigenvalue weighted by molar-refractivity contribution is 5.98. The number of aromatic nitrogens is 2. The van der Waals surface area contributed by atoms with E-state index in [2.05, 4.69) is 41.4 Å². The van der Waals surface area contributed by atoms with Crippen molar-refractivity contribution in [1.29, 1.82) is 0 Å². The number of carboxylic acid groups (broad SMARTS) is 1. The lowest BCUT2D eigenvalue weighted by Crippen LogP contribution is -2.53. The molecule has 2 atom stereocenters. The standard InChI is InChI=1S/C39H46N4O6/c1-4-5-6-7-8-21-49-33-19-17-29(18-20-33)32-23-40-36(41-24-32)30-11-9-27(10-12-30)22-34(38(46)43-35(25-44)39(47)48)42-37(45)31-15-13-28(14-16-31)26(2)3/h9-20,23-24,26,34-35,44H,4-8,21-22,25H2,1-3H3,(H,42,45)(H,43,46)(H,47,48)/t34-,35+/m0/s1. The van der Waals surface area contributed by atoms with Crippen LogP contribution >= 0.6 is 0 Å². The molecule has 1 heterocycles. The molecule has 4 rings (SSSR count). The van der Waals surface area contributed by atoms with Crippen LogP contribution in [0, 0.1) is 0 Å². The second kappa shape index (κ2) is 18.5. The number of amides is 2. The molecule has 49 heavy (non-hydrogen) atoms. The van der Waals surface area contributed by atoms with Crippen molar-refractivity contribution in [2.24, 2.45) is 0 Å². The predicted octanol–water partition coefficient (Wildman–Crippen LogP) is 6.19. The number of aliphatic hydroxyl groups excluding tert-OH is 1. The minimum Gasteiger partial charge on any atom is -0.494 e. The van der Waals surface area contributed by atoms with Crippen LogP contribution in [0.3, 0.4) is 0 Å². The van der Waals surface area contributed by atoms with E-state index in [9.17, 15) is 24.6 Å². The Labute approximate surface area is 288 Å². The monoisotopic (exact) mass is 666 g/mol. The van der Waals surface area contributed by atoms with Crippen LogP contribution in [0.4, 0.5) is 0 Å². The third-order valence-electron chi connectivity index (χ3n) is 8.27. The van der Waals surface area contributed by atoms with Gasteiger partial charge in [0.2, 0.25) is 5.91 Å². The number of ether oxygens (including phenoxy) is 1. The van der Waals surface area contributed by atoms with Gasteiger partial charge in [-0.15, -0.1) is 0 Å². The fourth-order valence-electron chi connectivity index (χ4n) is 5.22. The van der Waals surface area contributed by atoms with Gasteiger partial charge < -0.3 is 25.6 Å². The van der Waals surface area contributed by atoms with Gasteiger partial charge in [0.1, 0.15) is 17.8 Å². The number of carboxylic acids is 1. The van der Waals surface area contributed by atoms with Crippen LogP contribution in [0.2, 0.25) is 0 Å². The highest BCUT2D eigenvalue weighted by Crippen LogP contribution is 2.24. The maximum atomic E-state index is 13.2. The number of unbranched alkanes of at least 4 members (excludes halogenated alkanes) is 4. The number of nitrogens with zero attached hydrogens (tertiary/aromatic N) is 2. The molecule has 10 nitrogen and oxygen atoms in total. The summed E-state index contributed by atoms with van der Waals surface area (Å²) in [5, 5.41) is 23.8. The Balaban J connectivity index is 1.41. The third kappa shape index (κ3) is 11.0. The summed E-state index contributed by atoms with van der Waals surface area (Å²) in [6, 6.07) is 19.6. The van der Waals surface area contributed by atoms with Crippen LogP contribution in [0.15, 0.2) is 85.2 Å². The Hall–Kier alpha value is -5.09. The van der Waals surface area contributed by atoms with Gasteiger partial charge in [0.25, 0.3) is 5.91 Å². The van der Waals surface area contributed by atoms with Crippen LogP contribution in [-0.2, 0) is 16.0 Å². The number of carbonyl (C=O) groups is 3. The molecule has 0 bridgehead atoms. The summed E-state index contributed by atoms with van der Waals surface area (Å²) in [6.45, 7) is 6.23. The summed E-state index contributed by atoms with van der Waals surface area (Å²) in [5.41, 5.74) is 4.77. The minimum absolute atomic E-state index is 0.0814. The van der Waals surface area contributed by atoms with Gasteiger partial charge in [-0.3, -0.25) is 9.59 Å². The molecule has 10 heteroatoms. The molecule has 0 saturated carbocycles. The number of nitrogens with one attached hydrogen (secondary N) is 2. The molecule has 0 saturated heterocycles. The van der Waals surface area contributed by atoms with Crippen LogP contribution in [0.25, 0.3) is 22.5 Å². The zero-order chi connectivity index (χ0) is 35.2. The smallest absolute Gasteiger partial charge is 0.328 e. The van der Waals surface area contributed by atoms with Crippen molar-refractivity contribution >= 4 is 17.8 Å². The van der Waals surface area contributed by atoms with Crippen molar-refractivity contribution in [1.82, 2.24) is 20.6 Å². The summed E-state index contributed by atoms with van der Waals surface area (Å²) < 4.78 is 5.87. The predicted molar refractivity (Wildman–Crippen MR) is 189 cm³/mol. The first-order valence-electron chi connectivity index (χ1n) is 16.9. The molecule has 0 aliphatic carbocycles. The maximum absolute atomic E-state index is 13.2. The van der Waals surface area contributed by atoms with E-state index in [1.54, 1.807) is 36.7 Å². The van der Waals surface area contributed by atoms with Gasteiger partial charge in [0.15, 0.2) is 5.82 Å². The lowest BCUT2D eigenvalue weighted by molar-refractivity contribution is -0.143. The largest absolute Gasteiger partial charge is 0.494 e. The van der Waals surface area contributed by atoms with Crippen LogP contribution in [0.1, 0.15) is 80.3 Å². The van der Waals surface area contributed by atoms with Gasteiger partial charge in [0.05, 0.1) is 13.2 Å². The molecule has 0 aliphatic rings. The van der Waals surface area contributed by atoms with E-state index in [0.29, 0.717) is 23.9 Å². The third-order valence-corrected chi connectivity index (χ3v) is 8.27. The number of aliphatic hydroxyl groups is 1. The molecule has 258 valence electrons. The van der Waals surface area contributed by atoms with Crippen molar-refractivity contribution in [3.8, 4) is 28.3 Å². The first-order valence-corrected chi connectivity index (χ1v) is 16.9. The molecule has 4 N–H and O–H groups in total.